The van der Waals surface area contributed by atoms with Crippen LogP contribution in [0.25, 0.3) is 0 Å². The quantitative estimate of drug-likeness (QED) is 0.931. The number of likely N-dealkylation sites (tertiary alicyclic amines) is 1. The maximum atomic E-state index is 12.4. The van der Waals surface area contributed by atoms with Crippen LogP contribution < -0.4 is 5.32 Å². The molecule has 0 radical (unpaired) electrons. The average Bonchev–Trinajstić information content (AvgIpc) is 2.95. The summed E-state index contributed by atoms with van der Waals surface area (Å²) in [4.78, 5) is 18.7. The minimum atomic E-state index is 0.0560. The number of nitrogens with one attached hydrogen (secondary N) is 1. The van der Waals surface area contributed by atoms with Crippen molar-refractivity contribution in [3.63, 3.8) is 0 Å². The van der Waals surface area contributed by atoms with E-state index in [4.69, 9.17) is 0 Å². The van der Waals surface area contributed by atoms with Crippen LogP contribution in [-0.2, 0) is 11.3 Å². The van der Waals surface area contributed by atoms with Crippen LogP contribution in [0.3, 0.4) is 0 Å². The number of piperidine rings is 1. The Hall–Kier alpha value is -2.21. The van der Waals surface area contributed by atoms with E-state index < -0.39 is 0 Å². The smallest absolute Gasteiger partial charge is 0.229 e. The van der Waals surface area contributed by atoms with Crippen LogP contribution in [-0.4, -0.2) is 45.7 Å². The minimum absolute atomic E-state index is 0.0560. The van der Waals surface area contributed by atoms with Gasteiger partial charge in [-0.1, -0.05) is 6.07 Å². The fraction of sp³-hybridized carbons (Fsp3) is 0.438. The van der Waals surface area contributed by atoms with Crippen LogP contribution in [0.1, 0.15) is 18.4 Å². The maximum absolute atomic E-state index is 12.4. The Morgan fingerprint density at radius 1 is 1.41 bits per heavy atom. The molecule has 1 fully saturated rings. The van der Waals surface area contributed by atoms with Crippen molar-refractivity contribution in [3.05, 3.63) is 42.4 Å². The normalized spacial score (nSPS) is 19.0. The number of carbonyl (C=O) groups excluding carboxylic acids is 1. The molecule has 0 aliphatic carbocycles. The summed E-state index contributed by atoms with van der Waals surface area (Å²) >= 11 is 0. The molecule has 1 N–H and O–H groups in total. The maximum Gasteiger partial charge on any atom is 0.229 e. The van der Waals surface area contributed by atoms with Gasteiger partial charge < -0.3 is 10.2 Å². The van der Waals surface area contributed by atoms with E-state index in [-0.39, 0.29) is 11.8 Å². The molecule has 0 aromatic carbocycles. The Morgan fingerprint density at radius 3 is 3.09 bits per heavy atom. The molecular formula is C16H21N5O. The summed E-state index contributed by atoms with van der Waals surface area (Å²) in [5, 5.41) is 7.30. The lowest BCUT2D eigenvalue weighted by Gasteiger charge is -2.28. The first kappa shape index (κ1) is 14.7. The number of pyridine rings is 1. The molecule has 6 nitrogen and oxygen atoms in total. The number of nitrogens with zero attached hydrogens (tertiary/aromatic N) is 4. The molecule has 3 rings (SSSR count). The van der Waals surface area contributed by atoms with Gasteiger partial charge in [-0.25, -0.2) is 4.68 Å². The van der Waals surface area contributed by atoms with E-state index in [1.165, 1.54) is 0 Å². The zero-order valence-electron chi connectivity index (χ0n) is 12.8. The predicted octanol–water partition coefficient (Wildman–Crippen LogP) is 1.61. The first-order valence-corrected chi connectivity index (χ1v) is 7.62. The van der Waals surface area contributed by atoms with Crippen molar-refractivity contribution in [1.29, 1.82) is 0 Å². The van der Waals surface area contributed by atoms with E-state index >= 15 is 0 Å². The molecule has 0 bridgehead atoms. The van der Waals surface area contributed by atoms with E-state index in [2.05, 4.69) is 27.3 Å². The molecule has 2 aromatic rings. The summed E-state index contributed by atoms with van der Waals surface area (Å²) in [6.07, 6.45) is 7.29. The molecule has 2 aromatic heterocycles. The van der Waals surface area contributed by atoms with E-state index in [0.29, 0.717) is 6.54 Å². The Labute approximate surface area is 130 Å². The van der Waals surface area contributed by atoms with Gasteiger partial charge >= 0.3 is 0 Å². The highest BCUT2D eigenvalue weighted by atomic mass is 16.2. The predicted molar refractivity (Wildman–Crippen MR) is 84.4 cm³/mol. The van der Waals surface area contributed by atoms with E-state index in [9.17, 15) is 4.79 Å². The van der Waals surface area contributed by atoms with Gasteiger partial charge in [-0.2, -0.15) is 5.10 Å². The van der Waals surface area contributed by atoms with Crippen LogP contribution >= 0.6 is 0 Å². The van der Waals surface area contributed by atoms with Crippen LogP contribution in [0.15, 0.2) is 36.8 Å². The molecule has 1 amide bonds. The van der Waals surface area contributed by atoms with Crippen molar-refractivity contribution in [3.8, 4) is 0 Å². The van der Waals surface area contributed by atoms with Gasteiger partial charge in [0.05, 0.1) is 18.7 Å². The number of aromatic nitrogens is 3. The highest BCUT2D eigenvalue weighted by Crippen LogP contribution is 2.18. The zero-order chi connectivity index (χ0) is 15.4. The monoisotopic (exact) mass is 299 g/mol. The topological polar surface area (TPSA) is 63.1 Å². The van der Waals surface area contributed by atoms with Gasteiger partial charge in [0.2, 0.25) is 5.91 Å². The minimum Gasteiger partial charge on any atom is -0.311 e. The van der Waals surface area contributed by atoms with Crippen molar-refractivity contribution < 1.29 is 4.79 Å². The van der Waals surface area contributed by atoms with E-state index in [0.717, 1.165) is 37.3 Å². The number of rotatable bonds is 4. The summed E-state index contributed by atoms with van der Waals surface area (Å²) < 4.78 is 1.79. The van der Waals surface area contributed by atoms with Gasteiger partial charge in [0, 0.05) is 25.0 Å². The third kappa shape index (κ3) is 3.51. The lowest BCUT2D eigenvalue weighted by Crippen LogP contribution is -2.38. The molecule has 1 unspecified atom stereocenters. The Kier molecular flexibility index (Phi) is 4.48. The van der Waals surface area contributed by atoms with Gasteiger partial charge in [0.1, 0.15) is 5.82 Å². The highest BCUT2D eigenvalue weighted by molar-refractivity contribution is 5.92. The zero-order valence-corrected chi connectivity index (χ0v) is 12.8. The third-order valence-corrected chi connectivity index (χ3v) is 4.02. The van der Waals surface area contributed by atoms with Gasteiger partial charge in [-0.3, -0.25) is 9.78 Å². The number of amides is 1. The van der Waals surface area contributed by atoms with Crippen molar-refractivity contribution >= 4 is 11.7 Å². The van der Waals surface area contributed by atoms with Gasteiger partial charge in [-0.05, 0) is 38.1 Å². The molecule has 116 valence electrons. The number of hydrogen-bond acceptors (Lipinski definition) is 4. The summed E-state index contributed by atoms with van der Waals surface area (Å²) in [6.45, 7) is 2.49. The van der Waals surface area contributed by atoms with Gasteiger partial charge in [-0.15, -0.1) is 0 Å². The van der Waals surface area contributed by atoms with Crippen LogP contribution in [0.2, 0.25) is 0 Å². The summed E-state index contributed by atoms with van der Waals surface area (Å²) in [7, 11) is 2.06. The lowest BCUT2D eigenvalue weighted by atomic mass is 9.98. The van der Waals surface area contributed by atoms with Crippen molar-refractivity contribution in [1.82, 2.24) is 19.7 Å². The second kappa shape index (κ2) is 6.70. The standard InChI is InChI=1S/C16H21N5O/c1-20-9-3-5-14(12-20)16(22)19-15-6-8-18-21(15)11-13-4-2-7-17-10-13/h2,4,6-8,10,14H,3,5,9,11-12H2,1H3,(H,19,22). The summed E-state index contributed by atoms with van der Waals surface area (Å²) in [5.74, 6) is 0.877. The van der Waals surface area contributed by atoms with Gasteiger partial charge in [0.15, 0.2) is 0 Å². The first-order valence-electron chi connectivity index (χ1n) is 7.62. The van der Waals surface area contributed by atoms with E-state index in [1.54, 1.807) is 17.1 Å². The SMILES string of the molecule is CN1CCCC(C(=O)Nc2ccnn2Cc2cccnc2)C1. The average molecular weight is 299 g/mol. The fourth-order valence-electron chi connectivity index (χ4n) is 2.84. The Bertz CT molecular complexity index is 624. The molecule has 1 aliphatic rings. The molecule has 6 heteroatoms. The van der Waals surface area contributed by atoms with Crippen LogP contribution in [0.4, 0.5) is 5.82 Å². The Balaban J connectivity index is 1.66. The largest absolute Gasteiger partial charge is 0.311 e. The summed E-state index contributed by atoms with van der Waals surface area (Å²) in [5.41, 5.74) is 1.05. The second-order valence-electron chi connectivity index (χ2n) is 5.83. The molecule has 22 heavy (non-hydrogen) atoms. The molecular weight excluding hydrogens is 278 g/mol. The number of carbonyl (C=O) groups is 1. The number of hydrogen-bond donors (Lipinski definition) is 1. The lowest BCUT2D eigenvalue weighted by molar-refractivity contribution is -0.121. The van der Waals surface area contributed by atoms with Gasteiger partial charge in [0.25, 0.3) is 0 Å². The fourth-order valence-corrected chi connectivity index (χ4v) is 2.84. The first-order chi connectivity index (χ1) is 10.7. The highest BCUT2D eigenvalue weighted by Gasteiger charge is 2.24. The molecule has 0 spiro atoms. The van der Waals surface area contributed by atoms with E-state index in [1.807, 2.05) is 24.4 Å². The van der Waals surface area contributed by atoms with Crippen molar-refractivity contribution in [2.24, 2.45) is 5.92 Å². The third-order valence-electron chi connectivity index (χ3n) is 4.02. The second-order valence-corrected chi connectivity index (χ2v) is 5.83. The van der Waals surface area contributed by atoms with Crippen molar-refractivity contribution in [2.45, 2.75) is 19.4 Å². The molecule has 0 saturated carbocycles. The molecule has 1 aliphatic heterocycles. The Morgan fingerprint density at radius 2 is 2.32 bits per heavy atom. The van der Waals surface area contributed by atoms with Crippen LogP contribution in [0, 0.1) is 5.92 Å². The molecule has 1 saturated heterocycles. The molecule has 3 heterocycles. The number of anilines is 1. The molecule has 1 atom stereocenters. The van der Waals surface area contributed by atoms with Crippen LogP contribution in [0.5, 0.6) is 0 Å². The van der Waals surface area contributed by atoms with Crippen molar-refractivity contribution in [2.75, 3.05) is 25.5 Å². The summed E-state index contributed by atoms with van der Waals surface area (Å²) in [6, 6.07) is 5.73.